The molecule has 0 aromatic heterocycles. The lowest BCUT2D eigenvalue weighted by molar-refractivity contribution is 0.406. The fourth-order valence-electron chi connectivity index (χ4n) is 3.85. The third kappa shape index (κ3) is 3.45. The van der Waals surface area contributed by atoms with Crippen LogP contribution in [0.5, 0.6) is 11.5 Å². The van der Waals surface area contributed by atoms with Crippen molar-refractivity contribution in [2.45, 2.75) is 72.0 Å². The van der Waals surface area contributed by atoms with E-state index in [2.05, 4.69) is 67.5 Å². The summed E-state index contributed by atoms with van der Waals surface area (Å²) >= 11 is 0. The molecule has 0 heterocycles. The lowest BCUT2D eigenvalue weighted by Crippen LogP contribution is -2.50. The predicted octanol–water partition coefficient (Wildman–Crippen LogP) is 5.87. The van der Waals surface area contributed by atoms with Gasteiger partial charge in [0.2, 0.25) is 0 Å². The second-order valence-electron chi connectivity index (χ2n) is 7.01. The van der Waals surface area contributed by atoms with Gasteiger partial charge in [-0.3, -0.25) is 0 Å². The van der Waals surface area contributed by atoms with Gasteiger partial charge < -0.3 is 9.16 Å². The Morgan fingerprint density at radius 3 is 1.48 bits per heavy atom. The number of rotatable bonds is 6. The van der Waals surface area contributed by atoms with Gasteiger partial charge in [0.1, 0.15) is 11.5 Å². The smallest absolute Gasteiger partial charge is 0.258 e. The molecule has 3 heteroatoms. The molecule has 1 aromatic rings. The second-order valence-corrected chi connectivity index (χ2v) is 12.4. The highest BCUT2D eigenvalue weighted by atomic mass is 28.4. The summed E-state index contributed by atoms with van der Waals surface area (Å²) in [4.78, 5) is 0. The molecule has 0 aliphatic carbocycles. The largest absolute Gasteiger partial charge is 0.543 e. The van der Waals surface area contributed by atoms with Gasteiger partial charge in [0.05, 0.1) is 7.11 Å². The predicted molar refractivity (Wildman–Crippen MR) is 94.1 cm³/mol. The summed E-state index contributed by atoms with van der Waals surface area (Å²) in [5.74, 6) is 1.97. The normalized spacial score (nSPS) is 12.4. The molecule has 0 N–H and O–H groups in total. The molecule has 0 aliphatic heterocycles. The summed E-state index contributed by atoms with van der Waals surface area (Å²) in [6, 6.07) is 4.25. The Hall–Kier alpha value is -0.963. The van der Waals surface area contributed by atoms with Gasteiger partial charge in [-0.2, -0.15) is 0 Å². The molecule has 0 unspecified atom stereocenters. The van der Waals surface area contributed by atoms with E-state index in [9.17, 15) is 0 Å². The minimum Gasteiger partial charge on any atom is -0.543 e. The van der Waals surface area contributed by atoms with Gasteiger partial charge in [-0.15, -0.1) is 0 Å². The van der Waals surface area contributed by atoms with Crippen LogP contribution < -0.4 is 9.16 Å². The first kappa shape index (κ1) is 18.1. The number of benzene rings is 1. The summed E-state index contributed by atoms with van der Waals surface area (Å²) in [6.45, 7) is 18.1. The zero-order valence-corrected chi connectivity index (χ0v) is 16.2. The van der Waals surface area contributed by atoms with Crippen molar-refractivity contribution in [3.8, 4) is 11.5 Å². The Balaban J connectivity index is 3.28. The molecule has 21 heavy (non-hydrogen) atoms. The number of methoxy groups -OCH3 is 1. The maximum Gasteiger partial charge on any atom is 0.258 e. The van der Waals surface area contributed by atoms with E-state index < -0.39 is 8.32 Å². The van der Waals surface area contributed by atoms with Crippen molar-refractivity contribution in [1.29, 1.82) is 0 Å². The van der Waals surface area contributed by atoms with Crippen molar-refractivity contribution in [2.24, 2.45) is 0 Å². The zero-order chi connectivity index (χ0) is 16.4. The number of ether oxygens (including phenoxy) is 1. The van der Waals surface area contributed by atoms with Crippen LogP contribution in [0, 0.1) is 13.8 Å². The van der Waals surface area contributed by atoms with Crippen molar-refractivity contribution in [3.63, 3.8) is 0 Å². The lowest BCUT2D eigenvalue weighted by Gasteiger charge is -2.42. The molecule has 0 saturated carbocycles. The summed E-state index contributed by atoms with van der Waals surface area (Å²) in [5, 5.41) is 0. The van der Waals surface area contributed by atoms with Gasteiger partial charge in [-0.25, -0.2) is 0 Å². The van der Waals surface area contributed by atoms with Gasteiger partial charge >= 0.3 is 0 Å². The summed E-state index contributed by atoms with van der Waals surface area (Å²) in [5.41, 5.74) is 4.04. The van der Waals surface area contributed by atoms with Gasteiger partial charge in [0.15, 0.2) is 0 Å². The van der Waals surface area contributed by atoms with Crippen LogP contribution in [0.2, 0.25) is 16.6 Å². The molecule has 2 nitrogen and oxygen atoms in total. The fourth-order valence-corrected chi connectivity index (χ4v) is 9.08. The highest BCUT2D eigenvalue weighted by Gasteiger charge is 2.47. The zero-order valence-electron chi connectivity index (χ0n) is 15.2. The molecule has 0 aliphatic rings. The minimum atomic E-state index is -1.88. The van der Waals surface area contributed by atoms with Crippen LogP contribution in [0.15, 0.2) is 12.1 Å². The van der Waals surface area contributed by atoms with Crippen LogP contribution in [0.25, 0.3) is 0 Å². The molecule has 0 fully saturated rings. The number of aryl methyl sites for hydroxylation is 2. The van der Waals surface area contributed by atoms with E-state index in [4.69, 9.17) is 9.16 Å². The van der Waals surface area contributed by atoms with Crippen molar-refractivity contribution in [3.05, 3.63) is 23.3 Å². The van der Waals surface area contributed by atoms with Gasteiger partial charge in [-0.1, -0.05) is 41.5 Å². The summed E-state index contributed by atoms with van der Waals surface area (Å²) in [6.07, 6.45) is 0. The Morgan fingerprint density at radius 1 is 0.810 bits per heavy atom. The quantitative estimate of drug-likeness (QED) is 0.612. The molecule has 0 radical (unpaired) electrons. The molecular weight excluding hydrogens is 276 g/mol. The van der Waals surface area contributed by atoms with E-state index in [0.29, 0.717) is 16.6 Å². The van der Waals surface area contributed by atoms with Gasteiger partial charge in [0, 0.05) is 0 Å². The first-order valence-electron chi connectivity index (χ1n) is 8.01. The van der Waals surface area contributed by atoms with Crippen LogP contribution >= 0.6 is 0 Å². The van der Waals surface area contributed by atoms with Crippen LogP contribution in [-0.4, -0.2) is 15.4 Å². The maximum atomic E-state index is 6.73. The number of hydrogen-bond acceptors (Lipinski definition) is 2. The minimum absolute atomic E-state index is 0.584. The average molecular weight is 309 g/mol. The van der Waals surface area contributed by atoms with E-state index in [1.807, 2.05) is 0 Å². The molecule has 0 bridgehead atoms. The molecule has 0 amide bonds. The van der Waals surface area contributed by atoms with E-state index in [-0.39, 0.29) is 0 Å². The topological polar surface area (TPSA) is 18.5 Å². The third-order valence-electron chi connectivity index (χ3n) is 4.64. The summed E-state index contributed by atoms with van der Waals surface area (Å²) in [7, 11) is -0.155. The monoisotopic (exact) mass is 308 g/mol. The first-order valence-corrected chi connectivity index (χ1v) is 10.1. The van der Waals surface area contributed by atoms with Crippen LogP contribution in [0.3, 0.4) is 0 Å². The highest BCUT2D eigenvalue weighted by Crippen LogP contribution is 2.43. The lowest BCUT2D eigenvalue weighted by atomic mass is 10.1. The Bertz CT molecular complexity index is 433. The Kier molecular flexibility index (Phi) is 5.91. The molecule has 0 atom stereocenters. The fraction of sp³-hybridized carbons (Fsp3) is 0.667. The van der Waals surface area contributed by atoms with Crippen LogP contribution in [0.4, 0.5) is 0 Å². The van der Waals surface area contributed by atoms with Crippen molar-refractivity contribution < 1.29 is 9.16 Å². The Labute approximate surface area is 132 Å². The summed E-state index contributed by atoms with van der Waals surface area (Å²) < 4.78 is 12.2. The van der Waals surface area contributed by atoms with E-state index >= 15 is 0 Å². The molecule has 120 valence electrons. The Morgan fingerprint density at radius 2 is 1.19 bits per heavy atom. The average Bonchev–Trinajstić information content (AvgIpc) is 2.34. The highest BCUT2D eigenvalue weighted by molar-refractivity contribution is 6.78. The van der Waals surface area contributed by atoms with E-state index in [0.717, 1.165) is 22.6 Å². The molecular formula is C18H32O2Si. The molecule has 0 spiro atoms. The SMILES string of the molecule is COc1c(C)cc(O[Si](C(C)C)(C(C)C)C(C)C)cc1C. The second kappa shape index (κ2) is 6.86. The third-order valence-corrected chi connectivity index (χ3v) is 10.6. The van der Waals surface area contributed by atoms with Gasteiger partial charge in [-0.05, 0) is 53.7 Å². The van der Waals surface area contributed by atoms with Crippen LogP contribution in [-0.2, 0) is 0 Å². The number of hydrogen-bond donors (Lipinski definition) is 0. The molecule has 1 rings (SSSR count). The van der Waals surface area contributed by atoms with Crippen molar-refractivity contribution in [2.75, 3.05) is 7.11 Å². The maximum absolute atomic E-state index is 6.73. The van der Waals surface area contributed by atoms with Gasteiger partial charge in [0.25, 0.3) is 8.32 Å². The van der Waals surface area contributed by atoms with Crippen LogP contribution in [0.1, 0.15) is 52.7 Å². The van der Waals surface area contributed by atoms with Crippen molar-refractivity contribution >= 4 is 8.32 Å². The standard InChI is InChI=1S/C18H32O2Si/c1-12(2)21(13(3)4,14(5)6)20-17-10-15(7)18(19-9)16(8)11-17/h10-14H,1-9H3. The van der Waals surface area contributed by atoms with Crippen molar-refractivity contribution in [1.82, 2.24) is 0 Å². The van der Waals surface area contributed by atoms with E-state index in [1.54, 1.807) is 7.11 Å². The molecule has 0 saturated heterocycles. The first-order chi connectivity index (χ1) is 9.66. The molecule has 1 aromatic carbocycles. The van der Waals surface area contributed by atoms with E-state index in [1.165, 1.54) is 0 Å².